The summed E-state index contributed by atoms with van der Waals surface area (Å²) in [6.07, 6.45) is 1.56. The molecule has 0 aliphatic heterocycles. The van der Waals surface area contributed by atoms with Gasteiger partial charge in [0.1, 0.15) is 5.69 Å². The lowest BCUT2D eigenvalue weighted by Crippen LogP contribution is -2.31. The van der Waals surface area contributed by atoms with Crippen LogP contribution in [0.1, 0.15) is 36.3 Å². The first kappa shape index (κ1) is 15.5. The summed E-state index contributed by atoms with van der Waals surface area (Å²) in [5.74, 6) is 0.714. The topological polar surface area (TPSA) is 60.7 Å². The largest absolute Gasteiger partial charge is 0.293 e. The zero-order valence-corrected chi connectivity index (χ0v) is 14.9. The Kier molecular flexibility index (Phi) is 3.54. The minimum absolute atomic E-state index is 0.139. The molecule has 3 aromatic rings. The van der Waals surface area contributed by atoms with E-state index in [1.807, 2.05) is 31.4 Å². The quantitative estimate of drug-likeness (QED) is 0.688. The Hall–Kier alpha value is -2.05. The van der Waals surface area contributed by atoms with Gasteiger partial charge in [-0.25, -0.2) is 4.68 Å². The molecule has 0 N–H and O–H groups in total. The van der Waals surface area contributed by atoms with Gasteiger partial charge in [-0.1, -0.05) is 31.5 Å². The average molecular weight is 359 g/mol. The van der Waals surface area contributed by atoms with Crippen molar-refractivity contribution in [3.63, 3.8) is 0 Å². The normalized spacial score (nSPS) is 16.2. The maximum absolute atomic E-state index is 13.0. The molecule has 0 saturated carbocycles. The second-order valence-electron chi connectivity index (χ2n) is 6.49. The Bertz CT molecular complexity index is 913. The van der Waals surface area contributed by atoms with E-state index in [1.54, 1.807) is 28.2 Å². The van der Waals surface area contributed by atoms with Gasteiger partial charge in [0.2, 0.25) is 0 Å². The molecule has 0 radical (unpaired) electrons. The van der Waals surface area contributed by atoms with Gasteiger partial charge in [-0.15, -0.1) is 21.5 Å². The third-order valence-corrected chi connectivity index (χ3v) is 5.48. The molecular weight excluding hydrogens is 344 g/mol. The molecule has 0 spiro atoms. The maximum Gasteiger partial charge on any atom is 0.176 e. The molecule has 0 fully saturated rings. The van der Waals surface area contributed by atoms with Crippen LogP contribution in [-0.2, 0) is 6.42 Å². The number of halogens is 1. The maximum atomic E-state index is 13.0. The van der Waals surface area contributed by atoms with Crippen molar-refractivity contribution in [3.05, 3.63) is 46.1 Å². The van der Waals surface area contributed by atoms with Crippen LogP contribution >= 0.6 is 22.9 Å². The van der Waals surface area contributed by atoms with Gasteiger partial charge in [0.05, 0.1) is 16.1 Å². The Morgan fingerprint density at radius 2 is 2.08 bits per heavy atom. The van der Waals surface area contributed by atoms with Crippen molar-refractivity contribution < 1.29 is 4.79 Å². The molecule has 122 valence electrons. The van der Waals surface area contributed by atoms with Crippen LogP contribution in [0.25, 0.3) is 16.4 Å². The van der Waals surface area contributed by atoms with Gasteiger partial charge in [-0.2, -0.15) is 5.10 Å². The van der Waals surface area contributed by atoms with Gasteiger partial charge < -0.3 is 0 Å². The standard InChI is InChI=1S/C17H15ClN4OS/c1-17(2)8-7-10-14(16(17)23)15(11-4-3-9-24-11)21-22(10)13-6-5-12(18)19-20-13/h3-6,9H,7-8H2,1-2H3. The third kappa shape index (κ3) is 2.37. The molecule has 0 amide bonds. The zero-order valence-electron chi connectivity index (χ0n) is 13.3. The highest BCUT2D eigenvalue weighted by Crippen LogP contribution is 2.40. The molecule has 7 heteroatoms. The van der Waals surface area contributed by atoms with Crippen molar-refractivity contribution in [1.82, 2.24) is 20.0 Å². The smallest absolute Gasteiger partial charge is 0.176 e. The van der Waals surface area contributed by atoms with Crippen LogP contribution < -0.4 is 0 Å². The summed E-state index contributed by atoms with van der Waals surface area (Å²) in [5.41, 5.74) is 1.97. The Balaban J connectivity index is 1.96. The first-order chi connectivity index (χ1) is 11.5. The zero-order chi connectivity index (χ0) is 16.9. The van der Waals surface area contributed by atoms with E-state index in [9.17, 15) is 4.79 Å². The highest BCUT2D eigenvalue weighted by atomic mass is 35.5. The molecular formula is C17H15ClN4OS. The van der Waals surface area contributed by atoms with Crippen molar-refractivity contribution >= 4 is 28.7 Å². The first-order valence-electron chi connectivity index (χ1n) is 7.67. The monoisotopic (exact) mass is 358 g/mol. The molecule has 24 heavy (non-hydrogen) atoms. The summed E-state index contributed by atoms with van der Waals surface area (Å²) in [6, 6.07) is 7.40. The third-order valence-electron chi connectivity index (χ3n) is 4.40. The van der Waals surface area contributed by atoms with E-state index in [1.165, 1.54) is 0 Å². The number of fused-ring (bicyclic) bond motifs is 1. The lowest BCUT2D eigenvalue weighted by molar-refractivity contribution is 0.0811. The van der Waals surface area contributed by atoms with E-state index in [0.717, 1.165) is 29.1 Å². The van der Waals surface area contributed by atoms with Crippen molar-refractivity contribution in [1.29, 1.82) is 0 Å². The average Bonchev–Trinajstić information content (AvgIpc) is 3.19. The number of hydrogen-bond donors (Lipinski definition) is 0. The lowest BCUT2D eigenvalue weighted by Gasteiger charge is -2.28. The highest BCUT2D eigenvalue weighted by molar-refractivity contribution is 7.13. The fraction of sp³-hybridized carbons (Fsp3) is 0.294. The number of aromatic nitrogens is 4. The molecule has 5 nitrogen and oxygen atoms in total. The van der Waals surface area contributed by atoms with E-state index in [2.05, 4.69) is 10.2 Å². The number of carbonyl (C=O) groups excluding carboxylic acids is 1. The SMILES string of the molecule is CC1(C)CCc2c(c(-c3cccs3)nn2-c2ccc(Cl)nn2)C1=O. The van der Waals surface area contributed by atoms with Crippen LogP contribution in [0.5, 0.6) is 0 Å². The van der Waals surface area contributed by atoms with Crippen LogP contribution in [0.15, 0.2) is 29.6 Å². The fourth-order valence-electron chi connectivity index (χ4n) is 3.00. The summed E-state index contributed by atoms with van der Waals surface area (Å²) in [6.45, 7) is 3.99. The minimum atomic E-state index is -0.376. The van der Waals surface area contributed by atoms with Crippen molar-refractivity contribution in [2.45, 2.75) is 26.7 Å². The number of thiophene rings is 1. The number of carbonyl (C=O) groups is 1. The number of hydrogen-bond acceptors (Lipinski definition) is 5. The van der Waals surface area contributed by atoms with Crippen LogP contribution in [0.2, 0.25) is 5.15 Å². The van der Waals surface area contributed by atoms with Crippen molar-refractivity contribution in [2.24, 2.45) is 5.41 Å². The van der Waals surface area contributed by atoms with Gasteiger partial charge in [0.15, 0.2) is 16.8 Å². The van der Waals surface area contributed by atoms with Gasteiger partial charge in [0, 0.05) is 5.41 Å². The lowest BCUT2D eigenvalue weighted by atomic mass is 9.74. The first-order valence-corrected chi connectivity index (χ1v) is 8.93. The minimum Gasteiger partial charge on any atom is -0.293 e. The van der Waals surface area contributed by atoms with E-state index in [4.69, 9.17) is 16.7 Å². The van der Waals surface area contributed by atoms with Gasteiger partial charge >= 0.3 is 0 Å². The van der Waals surface area contributed by atoms with Crippen LogP contribution in [-0.4, -0.2) is 25.8 Å². The summed E-state index contributed by atoms with van der Waals surface area (Å²) in [5, 5.41) is 15.0. The molecule has 3 aromatic heterocycles. The summed E-state index contributed by atoms with van der Waals surface area (Å²) < 4.78 is 1.74. The van der Waals surface area contributed by atoms with Crippen molar-refractivity contribution in [2.75, 3.05) is 0 Å². The predicted molar refractivity (Wildman–Crippen MR) is 93.9 cm³/mol. The Morgan fingerprint density at radius 3 is 2.75 bits per heavy atom. The number of ketones is 1. The molecule has 0 aromatic carbocycles. The van der Waals surface area contributed by atoms with E-state index < -0.39 is 0 Å². The Morgan fingerprint density at radius 1 is 1.25 bits per heavy atom. The summed E-state index contributed by atoms with van der Waals surface area (Å²) in [4.78, 5) is 14.0. The molecule has 0 saturated heterocycles. The van der Waals surface area contributed by atoms with Gasteiger partial charge in [-0.05, 0) is 36.4 Å². The Labute approximate surface area is 148 Å². The van der Waals surface area contributed by atoms with Crippen molar-refractivity contribution in [3.8, 4) is 16.4 Å². The molecule has 0 unspecified atom stereocenters. The molecule has 1 aliphatic rings. The number of rotatable bonds is 2. The fourth-order valence-corrected chi connectivity index (χ4v) is 3.82. The molecule has 1 aliphatic carbocycles. The molecule has 0 atom stereocenters. The molecule has 3 heterocycles. The number of Topliss-reactive ketones (excluding diaryl/α,β-unsaturated/α-hetero) is 1. The van der Waals surface area contributed by atoms with Crippen LogP contribution in [0.3, 0.4) is 0 Å². The number of nitrogens with zero attached hydrogens (tertiary/aromatic N) is 4. The van der Waals surface area contributed by atoms with Gasteiger partial charge in [-0.3, -0.25) is 4.79 Å². The highest BCUT2D eigenvalue weighted by Gasteiger charge is 2.39. The second-order valence-corrected chi connectivity index (χ2v) is 7.82. The van der Waals surface area contributed by atoms with Crippen LogP contribution in [0, 0.1) is 5.41 Å². The predicted octanol–water partition coefficient (Wildman–Crippen LogP) is 4.20. The van der Waals surface area contributed by atoms with Crippen LogP contribution in [0.4, 0.5) is 0 Å². The van der Waals surface area contributed by atoms with E-state index >= 15 is 0 Å². The second kappa shape index (κ2) is 5.50. The van der Waals surface area contributed by atoms with Gasteiger partial charge in [0.25, 0.3) is 0 Å². The van der Waals surface area contributed by atoms with E-state index in [-0.39, 0.29) is 11.2 Å². The summed E-state index contributed by atoms with van der Waals surface area (Å²) >= 11 is 7.41. The molecule has 4 rings (SSSR count). The van der Waals surface area contributed by atoms with E-state index in [0.29, 0.717) is 16.5 Å². The summed E-state index contributed by atoms with van der Waals surface area (Å²) in [7, 11) is 0. The molecule has 0 bridgehead atoms.